The lowest BCUT2D eigenvalue weighted by atomic mass is 10.3. The highest BCUT2D eigenvalue weighted by molar-refractivity contribution is 7.91. The van der Waals surface area contributed by atoms with Crippen molar-refractivity contribution >= 4 is 22.0 Å². The minimum atomic E-state index is -3.60. The molecule has 0 amide bonds. The van der Waals surface area contributed by atoms with Gasteiger partial charge in [0.1, 0.15) is 6.61 Å². The molecular weight excluding hydrogens is 250 g/mol. The molecule has 0 aliphatic carbocycles. The standard InChI is InChI=1S/C9H8NO6S/c11-7-16-5-6-17(14,15)9-3-1-8(2-4-9)10(12)13/h1-4H,5-6H2. The van der Waals surface area contributed by atoms with Crippen LogP contribution in [-0.4, -0.2) is 32.2 Å². The van der Waals surface area contributed by atoms with Gasteiger partial charge in [-0.1, -0.05) is 0 Å². The first-order valence-corrected chi connectivity index (χ1v) is 6.09. The van der Waals surface area contributed by atoms with Crippen LogP contribution in [0.5, 0.6) is 0 Å². The van der Waals surface area contributed by atoms with Crippen LogP contribution in [0.4, 0.5) is 5.69 Å². The van der Waals surface area contributed by atoms with Gasteiger partial charge in [0.25, 0.3) is 5.69 Å². The zero-order valence-electron chi connectivity index (χ0n) is 8.53. The number of ether oxygens (including phenoxy) is 1. The fourth-order valence-electron chi connectivity index (χ4n) is 1.09. The Morgan fingerprint density at radius 1 is 1.29 bits per heavy atom. The van der Waals surface area contributed by atoms with Crippen LogP contribution in [0.1, 0.15) is 0 Å². The van der Waals surface area contributed by atoms with E-state index in [0.717, 1.165) is 30.7 Å². The number of benzene rings is 1. The first-order chi connectivity index (χ1) is 7.97. The Balaban J connectivity index is 2.85. The van der Waals surface area contributed by atoms with Gasteiger partial charge in [-0.15, -0.1) is 0 Å². The Labute approximate surface area is 97.1 Å². The Kier molecular flexibility index (Phi) is 4.16. The summed E-state index contributed by atoms with van der Waals surface area (Å²) in [5.74, 6) is -0.389. The maximum Gasteiger partial charge on any atom is 0.417 e. The van der Waals surface area contributed by atoms with Crippen molar-refractivity contribution in [3.05, 3.63) is 34.4 Å². The molecule has 0 aliphatic rings. The van der Waals surface area contributed by atoms with Gasteiger partial charge in [-0.2, -0.15) is 0 Å². The summed E-state index contributed by atoms with van der Waals surface area (Å²) < 4.78 is 27.4. The van der Waals surface area contributed by atoms with Crippen LogP contribution in [0.25, 0.3) is 0 Å². The average Bonchev–Trinajstić information content (AvgIpc) is 2.29. The van der Waals surface area contributed by atoms with Crippen LogP contribution in [0.15, 0.2) is 29.2 Å². The van der Waals surface area contributed by atoms with Crippen LogP contribution in [0.2, 0.25) is 0 Å². The molecule has 0 saturated heterocycles. The fourth-order valence-corrected chi connectivity index (χ4v) is 2.18. The molecule has 91 valence electrons. The third kappa shape index (κ3) is 3.52. The Morgan fingerprint density at radius 2 is 1.88 bits per heavy atom. The molecule has 0 spiro atoms. The van der Waals surface area contributed by atoms with Crippen molar-refractivity contribution < 1.29 is 22.9 Å². The molecule has 1 aromatic rings. The first-order valence-electron chi connectivity index (χ1n) is 4.43. The zero-order chi connectivity index (χ0) is 12.9. The molecule has 1 radical (unpaired) electrons. The quantitative estimate of drug-likeness (QED) is 0.417. The molecule has 0 atom stereocenters. The zero-order valence-corrected chi connectivity index (χ0v) is 9.35. The van der Waals surface area contributed by atoms with Crippen molar-refractivity contribution in [1.29, 1.82) is 0 Å². The van der Waals surface area contributed by atoms with Gasteiger partial charge in [-0.3, -0.25) is 10.1 Å². The van der Waals surface area contributed by atoms with Crippen molar-refractivity contribution in [2.24, 2.45) is 0 Å². The van der Waals surface area contributed by atoms with Crippen LogP contribution in [0.3, 0.4) is 0 Å². The molecule has 0 bridgehead atoms. The summed E-state index contributed by atoms with van der Waals surface area (Å²) in [6, 6.07) is 4.47. The van der Waals surface area contributed by atoms with E-state index < -0.39 is 14.8 Å². The van der Waals surface area contributed by atoms with Crippen molar-refractivity contribution in [2.75, 3.05) is 12.4 Å². The number of sulfone groups is 1. The fraction of sp³-hybridized carbons (Fsp3) is 0.222. The maximum absolute atomic E-state index is 11.6. The van der Waals surface area contributed by atoms with Gasteiger partial charge >= 0.3 is 6.47 Å². The normalized spacial score (nSPS) is 10.8. The second-order valence-electron chi connectivity index (χ2n) is 3.00. The molecule has 7 nitrogen and oxygen atoms in total. The van der Waals surface area contributed by atoms with Crippen molar-refractivity contribution in [2.45, 2.75) is 4.90 Å². The van der Waals surface area contributed by atoms with E-state index in [2.05, 4.69) is 4.74 Å². The number of hydrogen-bond acceptors (Lipinski definition) is 6. The minimum absolute atomic E-state index is 0.0578. The monoisotopic (exact) mass is 258 g/mol. The van der Waals surface area contributed by atoms with Gasteiger partial charge in [-0.25, -0.2) is 13.2 Å². The predicted octanol–water partition coefficient (Wildman–Crippen LogP) is 0.452. The van der Waals surface area contributed by atoms with E-state index in [1.165, 1.54) is 0 Å². The summed E-state index contributed by atoms with van der Waals surface area (Å²) in [6.45, 7) is 0.809. The number of rotatable bonds is 6. The molecule has 0 saturated carbocycles. The molecule has 0 fully saturated rings. The lowest BCUT2D eigenvalue weighted by Crippen LogP contribution is -2.12. The molecule has 0 aromatic heterocycles. The molecule has 1 rings (SSSR count). The molecular formula is C9H8NO6S. The molecule has 0 unspecified atom stereocenters. The van der Waals surface area contributed by atoms with E-state index in [9.17, 15) is 23.3 Å². The molecule has 0 N–H and O–H groups in total. The summed E-state index contributed by atoms with van der Waals surface area (Å²) >= 11 is 0. The predicted molar refractivity (Wildman–Crippen MR) is 56.8 cm³/mol. The number of nitro groups is 1. The number of nitrogens with zero attached hydrogens (tertiary/aromatic N) is 1. The Bertz CT molecular complexity index is 507. The van der Waals surface area contributed by atoms with Gasteiger partial charge in [0.05, 0.1) is 15.6 Å². The average molecular weight is 258 g/mol. The molecule has 0 heterocycles. The van der Waals surface area contributed by atoms with Gasteiger partial charge in [0.15, 0.2) is 9.84 Å². The van der Waals surface area contributed by atoms with E-state index in [1.807, 2.05) is 0 Å². The van der Waals surface area contributed by atoms with Gasteiger partial charge in [-0.05, 0) is 12.1 Å². The van der Waals surface area contributed by atoms with E-state index in [-0.39, 0.29) is 22.9 Å². The highest BCUT2D eigenvalue weighted by Gasteiger charge is 2.16. The summed E-state index contributed by atoms with van der Waals surface area (Å²) in [6.07, 6.45) is 0. The van der Waals surface area contributed by atoms with Gasteiger partial charge < -0.3 is 4.74 Å². The summed E-state index contributed by atoms with van der Waals surface area (Å²) in [4.78, 5) is 19.4. The van der Waals surface area contributed by atoms with E-state index >= 15 is 0 Å². The molecule has 17 heavy (non-hydrogen) atoms. The minimum Gasteiger partial charge on any atom is -0.456 e. The number of nitro benzene ring substituents is 1. The lowest BCUT2D eigenvalue weighted by molar-refractivity contribution is -0.384. The summed E-state index contributed by atoms with van der Waals surface area (Å²) in [5.41, 5.74) is -0.193. The second-order valence-corrected chi connectivity index (χ2v) is 5.11. The van der Waals surface area contributed by atoms with Crippen LogP contribution in [0, 0.1) is 10.1 Å². The number of hydrogen-bond donors (Lipinski definition) is 0. The van der Waals surface area contributed by atoms with E-state index in [4.69, 9.17) is 0 Å². The van der Waals surface area contributed by atoms with Crippen LogP contribution < -0.4 is 0 Å². The van der Waals surface area contributed by atoms with Gasteiger partial charge in [0, 0.05) is 12.1 Å². The largest absolute Gasteiger partial charge is 0.456 e. The highest BCUT2D eigenvalue weighted by atomic mass is 32.2. The summed E-state index contributed by atoms with van der Waals surface area (Å²) in [5, 5.41) is 10.4. The SMILES string of the molecule is O=[C]OCCS(=O)(=O)c1ccc([N+](=O)[O-])cc1. The topological polar surface area (TPSA) is 104 Å². The van der Waals surface area contributed by atoms with Crippen LogP contribution in [-0.2, 0) is 19.4 Å². The van der Waals surface area contributed by atoms with Gasteiger partial charge in [0.2, 0.25) is 0 Å². The molecule has 0 aliphatic heterocycles. The second kappa shape index (κ2) is 5.39. The number of carbonyl (C=O) groups excluding carboxylic acids is 1. The smallest absolute Gasteiger partial charge is 0.417 e. The lowest BCUT2D eigenvalue weighted by Gasteiger charge is -2.02. The van der Waals surface area contributed by atoms with Crippen molar-refractivity contribution in [1.82, 2.24) is 0 Å². The highest BCUT2D eigenvalue weighted by Crippen LogP contribution is 2.16. The van der Waals surface area contributed by atoms with Crippen LogP contribution >= 0.6 is 0 Å². The Morgan fingerprint density at radius 3 is 2.35 bits per heavy atom. The van der Waals surface area contributed by atoms with E-state index in [0.29, 0.717) is 0 Å². The van der Waals surface area contributed by atoms with Crippen molar-refractivity contribution in [3.8, 4) is 0 Å². The third-order valence-corrected chi connectivity index (χ3v) is 3.61. The van der Waals surface area contributed by atoms with E-state index in [1.54, 1.807) is 0 Å². The third-order valence-electron chi connectivity index (χ3n) is 1.92. The number of non-ortho nitro benzene ring substituents is 1. The first kappa shape index (κ1) is 13.1. The van der Waals surface area contributed by atoms with Crippen molar-refractivity contribution in [3.63, 3.8) is 0 Å². The Hall–Kier alpha value is -1.96. The molecule has 1 aromatic carbocycles. The summed E-state index contributed by atoms with van der Waals surface area (Å²) in [7, 11) is -3.60. The molecule has 8 heteroatoms. The maximum atomic E-state index is 11.6.